The second-order valence-electron chi connectivity index (χ2n) is 5.04. The van der Waals surface area contributed by atoms with Crippen LogP contribution in [0.15, 0.2) is 18.2 Å². The van der Waals surface area contributed by atoms with E-state index < -0.39 is 5.91 Å². The number of fused-ring (bicyclic) bond motifs is 1. The van der Waals surface area contributed by atoms with Gasteiger partial charge in [-0.3, -0.25) is 14.8 Å². The average Bonchev–Trinajstić information content (AvgIpc) is 2.56. The number of amides is 2. The first kappa shape index (κ1) is 16.4. The molecule has 1 heterocycles. The molecule has 1 aromatic rings. The normalized spacial score (nSPS) is 13.6. The van der Waals surface area contributed by atoms with Crippen molar-refractivity contribution >= 4 is 11.8 Å². The molecule has 0 saturated carbocycles. The fourth-order valence-corrected chi connectivity index (χ4v) is 2.36. The molecule has 0 unspecified atom stereocenters. The van der Waals surface area contributed by atoms with Gasteiger partial charge in [-0.1, -0.05) is 6.07 Å². The number of nitrogens with zero attached hydrogens (tertiary/aromatic N) is 1. The molecule has 1 aliphatic heterocycles. The van der Waals surface area contributed by atoms with Crippen LogP contribution in [0.2, 0.25) is 0 Å². The third-order valence-corrected chi connectivity index (χ3v) is 3.59. The van der Waals surface area contributed by atoms with E-state index >= 15 is 0 Å². The molecule has 0 saturated heterocycles. The zero-order valence-corrected chi connectivity index (χ0v) is 12.5. The number of methoxy groups -OCH3 is 1. The summed E-state index contributed by atoms with van der Waals surface area (Å²) >= 11 is 0. The van der Waals surface area contributed by atoms with Crippen LogP contribution in [0, 0.1) is 0 Å². The van der Waals surface area contributed by atoms with E-state index in [2.05, 4.69) is 0 Å². The van der Waals surface area contributed by atoms with Crippen molar-refractivity contribution in [2.24, 2.45) is 0 Å². The third-order valence-electron chi connectivity index (χ3n) is 3.59. The summed E-state index contributed by atoms with van der Waals surface area (Å²) in [5, 5.41) is 8.65. The summed E-state index contributed by atoms with van der Waals surface area (Å²) in [4.78, 5) is 25.2. The van der Waals surface area contributed by atoms with E-state index in [1.807, 2.05) is 6.07 Å². The van der Waals surface area contributed by atoms with Crippen LogP contribution in [0.25, 0.3) is 0 Å². The molecule has 7 nitrogen and oxygen atoms in total. The lowest BCUT2D eigenvalue weighted by atomic mass is 9.97. The summed E-state index contributed by atoms with van der Waals surface area (Å²) in [5.41, 5.74) is 4.05. The first-order chi connectivity index (χ1) is 10.7. The molecule has 120 valence electrons. The van der Waals surface area contributed by atoms with Crippen molar-refractivity contribution < 1.29 is 24.3 Å². The first-order valence-electron chi connectivity index (χ1n) is 7.06. The predicted octanol–water partition coefficient (Wildman–Crippen LogP) is 0.353. The molecular weight excluding hydrogens is 288 g/mol. The molecular formula is C15H20N2O5. The van der Waals surface area contributed by atoms with Crippen LogP contribution in [-0.4, -0.2) is 55.4 Å². The minimum absolute atomic E-state index is 0.0453. The summed E-state index contributed by atoms with van der Waals surface area (Å²) < 4.78 is 10.1. The topological polar surface area (TPSA) is 88.1 Å². The molecule has 0 fully saturated rings. The van der Waals surface area contributed by atoms with E-state index in [1.165, 1.54) is 0 Å². The van der Waals surface area contributed by atoms with Crippen LogP contribution in [0.1, 0.15) is 21.5 Å². The SMILES string of the molecule is COCCOCC(=O)N1CCc2cc(C(=O)NO)ccc2C1. The van der Waals surface area contributed by atoms with Crippen molar-refractivity contribution in [2.45, 2.75) is 13.0 Å². The molecule has 1 aromatic carbocycles. The number of ether oxygens (including phenoxy) is 2. The van der Waals surface area contributed by atoms with E-state index in [4.69, 9.17) is 14.7 Å². The maximum absolute atomic E-state index is 12.1. The van der Waals surface area contributed by atoms with Crippen LogP contribution in [0.3, 0.4) is 0 Å². The smallest absolute Gasteiger partial charge is 0.274 e. The zero-order valence-electron chi connectivity index (χ0n) is 12.5. The molecule has 0 aromatic heterocycles. The average molecular weight is 308 g/mol. The van der Waals surface area contributed by atoms with Gasteiger partial charge >= 0.3 is 0 Å². The molecule has 2 N–H and O–H groups in total. The summed E-state index contributed by atoms with van der Waals surface area (Å²) in [6.45, 7) is 1.99. The maximum atomic E-state index is 12.1. The van der Waals surface area contributed by atoms with Gasteiger partial charge in [-0.2, -0.15) is 0 Å². The Hall–Kier alpha value is -1.96. The second kappa shape index (κ2) is 7.88. The van der Waals surface area contributed by atoms with Crippen LogP contribution in [-0.2, 0) is 27.2 Å². The highest BCUT2D eigenvalue weighted by Gasteiger charge is 2.21. The summed E-state index contributed by atoms with van der Waals surface area (Å²) in [6, 6.07) is 5.19. The molecule has 7 heteroatoms. The number of nitrogens with one attached hydrogen (secondary N) is 1. The summed E-state index contributed by atoms with van der Waals surface area (Å²) in [5.74, 6) is -0.591. The molecule has 0 aliphatic carbocycles. The Labute approximate surface area is 128 Å². The monoisotopic (exact) mass is 308 g/mol. The van der Waals surface area contributed by atoms with Gasteiger partial charge in [0.05, 0.1) is 13.2 Å². The second-order valence-corrected chi connectivity index (χ2v) is 5.04. The number of rotatable bonds is 6. The quantitative estimate of drug-likeness (QED) is 0.450. The van der Waals surface area contributed by atoms with Crippen LogP contribution < -0.4 is 5.48 Å². The zero-order chi connectivity index (χ0) is 15.9. The van der Waals surface area contributed by atoms with Crippen LogP contribution >= 0.6 is 0 Å². The van der Waals surface area contributed by atoms with Gasteiger partial charge in [0.25, 0.3) is 5.91 Å². The largest absolute Gasteiger partial charge is 0.382 e. The van der Waals surface area contributed by atoms with Crippen molar-refractivity contribution in [3.63, 3.8) is 0 Å². The molecule has 2 amide bonds. The minimum atomic E-state index is -0.534. The van der Waals surface area contributed by atoms with Crippen LogP contribution in [0.4, 0.5) is 0 Å². The van der Waals surface area contributed by atoms with E-state index in [0.29, 0.717) is 38.3 Å². The van der Waals surface area contributed by atoms with Crippen molar-refractivity contribution in [1.82, 2.24) is 10.4 Å². The van der Waals surface area contributed by atoms with Crippen LogP contribution in [0.5, 0.6) is 0 Å². The third kappa shape index (κ3) is 4.03. The molecule has 0 atom stereocenters. The Kier molecular flexibility index (Phi) is 5.88. The highest BCUT2D eigenvalue weighted by atomic mass is 16.5. The van der Waals surface area contributed by atoms with E-state index in [1.54, 1.807) is 29.6 Å². The Morgan fingerprint density at radius 3 is 2.86 bits per heavy atom. The van der Waals surface area contributed by atoms with Gasteiger partial charge in [0, 0.05) is 25.8 Å². The van der Waals surface area contributed by atoms with Gasteiger partial charge in [-0.15, -0.1) is 0 Å². The highest BCUT2D eigenvalue weighted by Crippen LogP contribution is 2.20. The van der Waals surface area contributed by atoms with Crippen molar-refractivity contribution in [1.29, 1.82) is 0 Å². The Morgan fingerprint density at radius 1 is 1.32 bits per heavy atom. The number of hydrogen-bond acceptors (Lipinski definition) is 5. The van der Waals surface area contributed by atoms with Crippen molar-refractivity contribution in [2.75, 3.05) is 33.5 Å². The van der Waals surface area contributed by atoms with Crippen molar-refractivity contribution in [3.8, 4) is 0 Å². The lowest BCUT2D eigenvalue weighted by molar-refractivity contribution is -0.137. The lowest BCUT2D eigenvalue weighted by Crippen LogP contribution is -2.38. The van der Waals surface area contributed by atoms with Gasteiger partial charge in [0.2, 0.25) is 5.91 Å². The van der Waals surface area contributed by atoms with Gasteiger partial charge in [0.1, 0.15) is 6.61 Å². The minimum Gasteiger partial charge on any atom is -0.382 e. The highest BCUT2D eigenvalue weighted by molar-refractivity contribution is 5.93. The number of carbonyl (C=O) groups is 2. The predicted molar refractivity (Wildman–Crippen MR) is 77.5 cm³/mol. The van der Waals surface area contributed by atoms with E-state index in [9.17, 15) is 9.59 Å². The van der Waals surface area contributed by atoms with Gasteiger partial charge < -0.3 is 14.4 Å². The first-order valence-corrected chi connectivity index (χ1v) is 7.06. The fraction of sp³-hybridized carbons (Fsp3) is 0.467. The standard InChI is InChI=1S/C15H20N2O5/c1-21-6-7-22-10-14(18)17-5-4-11-8-12(15(19)16-20)2-3-13(11)9-17/h2-3,8,20H,4-7,9-10H2,1H3,(H,16,19). The Morgan fingerprint density at radius 2 is 2.14 bits per heavy atom. The number of hydrogen-bond donors (Lipinski definition) is 2. The number of hydroxylamine groups is 1. The molecule has 22 heavy (non-hydrogen) atoms. The van der Waals surface area contributed by atoms with E-state index in [-0.39, 0.29) is 12.5 Å². The molecule has 0 bridgehead atoms. The molecule has 2 rings (SSSR count). The number of benzene rings is 1. The molecule has 1 aliphatic rings. The van der Waals surface area contributed by atoms with Crippen molar-refractivity contribution in [3.05, 3.63) is 34.9 Å². The lowest BCUT2D eigenvalue weighted by Gasteiger charge is -2.29. The van der Waals surface area contributed by atoms with E-state index in [0.717, 1.165) is 11.1 Å². The Bertz CT molecular complexity index is 547. The summed E-state index contributed by atoms with van der Waals surface area (Å²) in [7, 11) is 1.58. The maximum Gasteiger partial charge on any atom is 0.274 e. The Balaban J connectivity index is 1.94. The van der Waals surface area contributed by atoms with Gasteiger partial charge in [0.15, 0.2) is 0 Å². The van der Waals surface area contributed by atoms with Gasteiger partial charge in [-0.05, 0) is 29.7 Å². The summed E-state index contributed by atoms with van der Waals surface area (Å²) in [6.07, 6.45) is 0.672. The molecule has 0 radical (unpaired) electrons. The van der Waals surface area contributed by atoms with Gasteiger partial charge in [-0.25, -0.2) is 5.48 Å². The number of carbonyl (C=O) groups excluding carboxylic acids is 2. The molecule has 0 spiro atoms. The fourth-order valence-electron chi connectivity index (χ4n) is 2.36.